The van der Waals surface area contributed by atoms with Crippen LogP contribution in [0.3, 0.4) is 0 Å². The molecule has 1 atom stereocenters. The predicted molar refractivity (Wildman–Crippen MR) is 48.5 cm³/mol. The second kappa shape index (κ2) is 4.00. The van der Waals surface area contributed by atoms with Crippen LogP contribution in [-0.2, 0) is 4.79 Å². The molecule has 0 aromatic heterocycles. The molecule has 1 saturated heterocycles. The van der Waals surface area contributed by atoms with Crippen LogP contribution in [0.5, 0.6) is 0 Å². The van der Waals surface area contributed by atoms with E-state index in [1.807, 2.05) is 23.6 Å². The molecule has 1 heterocycles. The highest BCUT2D eigenvalue weighted by atomic mass is 32.2. The first-order chi connectivity index (χ1) is 5.25. The van der Waals surface area contributed by atoms with E-state index in [0.717, 1.165) is 18.7 Å². The molecule has 1 aliphatic heterocycles. The van der Waals surface area contributed by atoms with Gasteiger partial charge in [0, 0.05) is 18.7 Å². The van der Waals surface area contributed by atoms with Gasteiger partial charge in [-0.15, -0.1) is 11.8 Å². The Hall–Kier alpha value is -0.180. The van der Waals surface area contributed by atoms with E-state index in [1.54, 1.807) is 0 Å². The normalized spacial score (nSPS) is 24.2. The van der Waals surface area contributed by atoms with Gasteiger partial charge in [0.2, 0.25) is 5.91 Å². The number of amides is 1. The summed E-state index contributed by atoms with van der Waals surface area (Å²) in [5.74, 6) is 1.43. The van der Waals surface area contributed by atoms with E-state index in [9.17, 15) is 4.79 Å². The van der Waals surface area contributed by atoms with Gasteiger partial charge in [-0.2, -0.15) is 0 Å². The van der Waals surface area contributed by atoms with Gasteiger partial charge in [-0.25, -0.2) is 0 Å². The molecule has 3 heteroatoms. The molecule has 1 amide bonds. The fraction of sp³-hybridized carbons (Fsp3) is 0.875. The average Bonchev–Trinajstić information content (AvgIpc) is 2.36. The molecule has 0 aromatic rings. The topological polar surface area (TPSA) is 20.3 Å². The third-order valence-electron chi connectivity index (χ3n) is 1.91. The molecule has 0 aromatic carbocycles. The SMILES string of the molecule is CCCC(=O)N1CCSC1C. The van der Waals surface area contributed by atoms with Crippen LogP contribution in [0.1, 0.15) is 26.7 Å². The Morgan fingerprint density at radius 2 is 2.45 bits per heavy atom. The number of carbonyl (C=O) groups is 1. The van der Waals surface area contributed by atoms with Gasteiger partial charge in [-0.05, 0) is 13.3 Å². The van der Waals surface area contributed by atoms with Crippen molar-refractivity contribution < 1.29 is 4.79 Å². The number of hydrogen-bond acceptors (Lipinski definition) is 2. The molecule has 1 fully saturated rings. The zero-order chi connectivity index (χ0) is 8.27. The van der Waals surface area contributed by atoms with Crippen molar-refractivity contribution >= 4 is 17.7 Å². The Morgan fingerprint density at radius 1 is 1.73 bits per heavy atom. The summed E-state index contributed by atoms with van der Waals surface area (Å²) in [7, 11) is 0. The Bertz CT molecular complexity index is 149. The smallest absolute Gasteiger partial charge is 0.223 e. The second-order valence-corrected chi connectivity index (χ2v) is 4.23. The Morgan fingerprint density at radius 3 is 2.91 bits per heavy atom. The molecule has 1 unspecified atom stereocenters. The zero-order valence-electron chi connectivity index (χ0n) is 7.17. The van der Waals surface area contributed by atoms with Crippen LogP contribution in [-0.4, -0.2) is 28.5 Å². The van der Waals surface area contributed by atoms with Crippen molar-refractivity contribution in [3.8, 4) is 0 Å². The van der Waals surface area contributed by atoms with E-state index in [1.165, 1.54) is 0 Å². The molecule has 2 nitrogen and oxygen atoms in total. The molecule has 0 saturated carbocycles. The number of carbonyl (C=O) groups excluding carboxylic acids is 1. The monoisotopic (exact) mass is 173 g/mol. The molecule has 0 spiro atoms. The highest BCUT2D eigenvalue weighted by Crippen LogP contribution is 2.23. The van der Waals surface area contributed by atoms with Crippen molar-refractivity contribution in [1.29, 1.82) is 0 Å². The van der Waals surface area contributed by atoms with Crippen molar-refractivity contribution in [3.05, 3.63) is 0 Å². The van der Waals surface area contributed by atoms with Gasteiger partial charge in [0.1, 0.15) is 0 Å². The maximum absolute atomic E-state index is 11.4. The summed E-state index contributed by atoms with van der Waals surface area (Å²) >= 11 is 1.86. The van der Waals surface area contributed by atoms with E-state index in [2.05, 4.69) is 6.92 Å². The van der Waals surface area contributed by atoms with Crippen LogP contribution in [0.25, 0.3) is 0 Å². The van der Waals surface area contributed by atoms with Crippen LogP contribution >= 0.6 is 11.8 Å². The maximum atomic E-state index is 11.4. The van der Waals surface area contributed by atoms with Crippen LogP contribution in [0.2, 0.25) is 0 Å². The van der Waals surface area contributed by atoms with Crippen LogP contribution in [0.4, 0.5) is 0 Å². The van der Waals surface area contributed by atoms with Gasteiger partial charge in [0.25, 0.3) is 0 Å². The molecule has 11 heavy (non-hydrogen) atoms. The van der Waals surface area contributed by atoms with E-state index in [0.29, 0.717) is 17.7 Å². The van der Waals surface area contributed by atoms with Gasteiger partial charge in [0.15, 0.2) is 0 Å². The van der Waals surface area contributed by atoms with Crippen LogP contribution in [0, 0.1) is 0 Å². The van der Waals surface area contributed by atoms with Crippen molar-refractivity contribution in [2.45, 2.75) is 32.1 Å². The summed E-state index contributed by atoms with van der Waals surface area (Å²) in [5, 5.41) is 0.411. The highest BCUT2D eigenvalue weighted by Gasteiger charge is 2.24. The van der Waals surface area contributed by atoms with Crippen LogP contribution < -0.4 is 0 Å². The molecule has 0 radical (unpaired) electrons. The van der Waals surface area contributed by atoms with Gasteiger partial charge in [-0.3, -0.25) is 4.79 Å². The molecule has 1 rings (SSSR count). The summed E-state index contributed by atoms with van der Waals surface area (Å²) in [6, 6.07) is 0. The van der Waals surface area contributed by atoms with Gasteiger partial charge >= 0.3 is 0 Å². The number of thioether (sulfide) groups is 1. The first kappa shape index (κ1) is 8.91. The van der Waals surface area contributed by atoms with Gasteiger partial charge in [0.05, 0.1) is 5.37 Å². The third kappa shape index (κ3) is 2.12. The quantitative estimate of drug-likeness (QED) is 0.633. The number of rotatable bonds is 2. The van der Waals surface area contributed by atoms with E-state index in [4.69, 9.17) is 0 Å². The largest absolute Gasteiger partial charge is 0.330 e. The fourth-order valence-corrected chi connectivity index (χ4v) is 2.32. The standard InChI is InChI=1S/C8H15NOS/c1-3-4-8(10)9-5-6-11-7(9)2/h7H,3-6H2,1-2H3. The zero-order valence-corrected chi connectivity index (χ0v) is 7.99. The minimum Gasteiger partial charge on any atom is -0.330 e. The minimum absolute atomic E-state index is 0.324. The summed E-state index contributed by atoms with van der Waals surface area (Å²) in [6.07, 6.45) is 1.68. The molecule has 64 valence electrons. The van der Waals surface area contributed by atoms with E-state index in [-0.39, 0.29) is 0 Å². The highest BCUT2D eigenvalue weighted by molar-refractivity contribution is 8.00. The first-order valence-electron chi connectivity index (χ1n) is 4.16. The Labute approximate surface area is 72.3 Å². The summed E-state index contributed by atoms with van der Waals surface area (Å²) in [5.41, 5.74) is 0. The predicted octanol–water partition coefficient (Wildman–Crippen LogP) is 1.71. The Balaban J connectivity index is 2.39. The lowest BCUT2D eigenvalue weighted by atomic mass is 10.3. The molecule has 0 bridgehead atoms. The van der Waals surface area contributed by atoms with Crippen molar-refractivity contribution in [1.82, 2.24) is 4.90 Å². The maximum Gasteiger partial charge on any atom is 0.223 e. The second-order valence-electron chi connectivity index (χ2n) is 2.81. The molecule has 0 N–H and O–H groups in total. The summed E-state index contributed by atoms with van der Waals surface area (Å²) in [6.45, 7) is 5.10. The third-order valence-corrected chi connectivity index (χ3v) is 3.07. The lowest BCUT2D eigenvalue weighted by Gasteiger charge is -2.19. The van der Waals surface area contributed by atoms with Crippen molar-refractivity contribution in [2.75, 3.05) is 12.3 Å². The molecular weight excluding hydrogens is 158 g/mol. The molecule has 1 aliphatic rings. The van der Waals surface area contributed by atoms with Crippen molar-refractivity contribution in [2.24, 2.45) is 0 Å². The first-order valence-corrected chi connectivity index (χ1v) is 5.21. The van der Waals surface area contributed by atoms with E-state index >= 15 is 0 Å². The lowest BCUT2D eigenvalue weighted by molar-refractivity contribution is -0.131. The van der Waals surface area contributed by atoms with Gasteiger partial charge < -0.3 is 4.90 Å². The van der Waals surface area contributed by atoms with Crippen LogP contribution in [0.15, 0.2) is 0 Å². The molecular formula is C8H15NOS. The molecule has 0 aliphatic carbocycles. The lowest BCUT2D eigenvalue weighted by Crippen LogP contribution is -2.32. The van der Waals surface area contributed by atoms with Crippen molar-refractivity contribution in [3.63, 3.8) is 0 Å². The van der Waals surface area contributed by atoms with Gasteiger partial charge in [-0.1, -0.05) is 6.92 Å². The summed E-state index contributed by atoms with van der Waals surface area (Å²) in [4.78, 5) is 13.3. The Kier molecular flexibility index (Phi) is 3.24. The minimum atomic E-state index is 0.324. The summed E-state index contributed by atoms with van der Waals surface area (Å²) < 4.78 is 0. The average molecular weight is 173 g/mol. The number of hydrogen-bond donors (Lipinski definition) is 0. The fourth-order valence-electron chi connectivity index (χ4n) is 1.28. The van der Waals surface area contributed by atoms with E-state index < -0.39 is 0 Å². The number of nitrogens with zero attached hydrogens (tertiary/aromatic N) is 1.